The maximum atomic E-state index is 12.6. The van der Waals surface area contributed by atoms with Gasteiger partial charge in [0.2, 0.25) is 5.72 Å². The van der Waals surface area contributed by atoms with E-state index in [9.17, 15) is 9.59 Å². The van der Waals surface area contributed by atoms with Gasteiger partial charge in [-0.2, -0.15) is 0 Å². The molecule has 1 aliphatic rings. The number of carbonyl (C=O) groups is 2. The van der Waals surface area contributed by atoms with E-state index >= 15 is 0 Å². The summed E-state index contributed by atoms with van der Waals surface area (Å²) in [4.78, 5) is 26.5. The van der Waals surface area contributed by atoms with Gasteiger partial charge in [0.05, 0.1) is 6.61 Å². The van der Waals surface area contributed by atoms with Crippen LogP contribution in [0, 0.1) is 0 Å². The Kier molecular flexibility index (Phi) is 4.96. The number of carbonyl (C=O) groups excluding carboxylic acids is 2. The lowest BCUT2D eigenvalue weighted by Gasteiger charge is -2.34. The van der Waals surface area contributed by atoms with Crippen molar-refractivity contribution in [2.24, 2.45) is 0 Å². The molecule has 114 valence electrons. The van der Waals surface area contributed by atoms with E-state index < -0.39 is 11.7 Å². The highest BCUT2D eigenvalue weighted by Gasteiger charge is 2.51. The molecule has 0 N–H and O–H groups in total. The van der Waals surface area contributed by atoms with Gasteiger partial charge in [-0.15, -0.1) is 0 Å². The molecule has 1 heterocycles. The molecule has 1 atom stereocenters. The van der Waals surface area contributed by atoms with Gasteiger partial charge < -0.3 is 14.4 Å². The SMILES string of the molecule is CCCOC(=O)[C@]1(OC)CCCN1C(=O)c1ccccc1. The van der Waals surface area contributed by atoms with Crippen LogP contribution in [-0.4, -0.2) is 42.8 Å². The van der Waals surface area contributed by atoms with E-state index in [0.29, 0.717) is 31.6 Å². The fourth-order valence-corrected chi connectivity index (χ4v) is 2.61. The van der Waals surface area contributed by atoms with E-state index in [-0.39, 0.29) is 5.91 Å². The Morgan fingerprint density at radius 3 is 2.62 bits per heavy atom. The predicted octanol–water partition coefficient (Wildman–Crippen LogP) is 2.22. The Morgan fingerprint density at radius 2 is 2.00 bits per heavy atom. The molecule has 21 heavy (non-hydrogen) atoms. The summed E-state index contributed by atoms with van der Waals surface area (Å²) in [5.41, 5.74) is -0.744. The fraction of sp³-hybridized carbons (Fsp3) is 0.500. The first kappa shape index (κ1) is 15.5. The minimum atomic E-state index is -1.29. The zero-order valence-electron chi connectivity index (χ0n) is 12.5. The van der Waals surface area contributed by atoms with Gasteiger partial charge in [0, 0.05) is 25.6 Å². The fourth-order valence-electron chi connectivity index (χ4n) is 2.61. The molecule has 1 aromatic rings. The van der Waals surface area contributed by atoms with Gasteiger partial charge in [0.1, 0.15) is 0 Å². The van der Waals surface area contributed by atoms with Gasteiger partial charge in [-0.05, 0) is 25.0 Å². The molecule has 1 aliphatic heterocycles. The van der Waals surface area contributed by atoms with Crippen LogP contribution in [0.4, 0.5) is 0 Å². The first-order valence-electron chi connectivity index (χ1n) is 7.25. The summed E-state index contributed by atoms with van der Waals surface area (Å²) in [6.07, 6.45) is 1.91. The highest BCUT2D eigenvalue weighted by Crippen LogP contribution is 2.33. The third-order valence-electron chi connectivity index (χ3n) is 3.69. The molecule has 2 rings (SSSR count). The smallest absolute Gasteiger partial charge is 0.360 e. The minimum absolute atomic E-state index is 0.205. The van der Waals surface area contributed by atoms with Crippen molar-refractivity contribution >= 4 is 11.9 Å². The predicted molar refractivity (Wildman–Crippen MR) is 77.7 cm³/mol. The average Bonchev–Trinajstić information content (AvgIpc) is 2.97. The van der Waals surface area contributed by atoms with Crippen LogP contribution in [0.25, 0.3) is 0 Å². The number of amides is 1. The van der Waals surface area contributed by atoms with E-state index in [1.165, 1.54) is 12.0 Å². The molecule has 5 heteroatoms. The van der Waals surface area contributed by atoms with Gasteiger partial charge in [-0.1, -0.05) is 25.1 Å². The van der Waals surface area contributed by atoms with Crippen molar-refractivity contribution in [2.45, 2.75) is 31.9 Å². The van der Waals surface area contributed by atoms with E-state index in [1.54, 1.807) is 24.3 Å². The summed E-state index contributed by atoms with van der Waals surface area (Å²) in [6, 6.07) is 8.91. The second-order valence-corrected chi connectivity index (χ2v) is 5.05. The lowest BCUT2D eigenvalue weighted by atomic mass is 10.1. The van der Waals surface area contributed by atoms with Crippen LogP contribution in [0.1, 0.15) is 36.5 Å². The number of methoxy groups -OCH3 is 1. The number of ether oxygens (including phenoxy) is 2. The van der Waals surface area contributed by atoms with Crippen LogP contribution < -0.4 is 0 Å². The van der Waals surface area contributed by atoms with Crippen LogP contribution in [-0.2, 0) is 14.3 Å². The molecule has 0 saturated carbocycles. The number of hydrogen-bond acceptors (Lipinski definition) is 4. The standard InChI is InChI=1S/C16H21NO4/c1-3-12-21-15(19)16(20-2)10-7-11-17(16)14(18)13-8-5-4-6-9-13/h4-6,8-9H,3,7,10-12H2,1-2H3/t16-/m1/s1. The van der Waals surface area contributed by atoms with Crippen molar-refractivity contribution in [2.75, 3.05) is 20.3 Å². The maximum Gasteiger partial charge on any atom is 0.360 e. The van der Waals surface area contributed by atoms with Crippen LogP contribution in [0.5, 0.6) is 0 Å². The normalized spacial score (nSPS) is 21.3. The molecule has 0 bridgehead atoms. The number of benzene rings is 1. The lowest BCUT2D eigenvalue weighted by Crippen LogP contribution is -2.55. The quantitative estimate of drug-likeness (QED) is 0.781. The van der Waals surface area contributed by atoms with E-state index in [1.807, 2.05) is 13.0 Å². The van der Waals surface area contributed by atoms with E-state index in [0.717, 1.165) is 6.42 Å². The van der Waals surface area contributed by atoms with Crippen LogP contribution in [0.15, 0.2) is 30.3 Å². The molecular formula is C16H21NO4. The third kappa shape index (κ3) is 2.93. The zero-order valence-corrected chi connectivity index (χ0v) is 12.5. The molecule has 1 amide bonds. The molecular weight excluding hydrogens is 270 g/mol. The molecule has 1 saturated heterocycles. The summed E-state index contributed by atoms with van der Waals surface area (Å²) in [6.45, 7) is 2.74. The molecule has 0 unspecified atom stereocenters. The maximum absolute atomic E-state index is 12.6. The molecule has 0 aromatic heterocycles. The number of esters is 1. The highest BCUT2D eigenvalue weighted by molar-refractivity contribution is 5.98. The summed E-state index contributed by atoms with van der Waals surface area (Å²) in [5, 5.41) is 0. The zero-order chi connectivity index (χ0) is 15.3. The monoisotopic (exact) mass is 291 g/mol. The topological polar surface area (TPSA) is 55.8 Å². The summed E-state index contributed by atoms with van der Waals surface area (Å²) in [5.74, 6) is -0.683. The van der Waals surface area contributed by atoms with Gasteiger partial charge in [0.15, 0.2) is 0 Å². The van der Waals surface area contributed by atoms with Crippen molar-refractivity contribution in [3.63, 3.8) is 0 Å². The summed E-state index contributed by atoms with van der Waals surface area (Å²) in [7, 11) is 1.45. The molecule has 1 fully saturated rings. The van der Waals surface area contributed by atoms with Crippen LogP contribution >= 0.6 is 0 Å². The number of rotatable bonds is 5. The van der Waals surface area contributed by atoms with Crippen LogP contribution in [0.2, 0.25) is 0 Å². The number of nitrogens with zero attached hydrogens (tertiary/aromatic N) is 1. The van der Waals surface area contributed by atoms with Gasteiger partial charge in [-0.25, -0.2) is 4.79 Å². The Labute approximate surface area is 124 Å². The number of likely N-dealkylation sites (tertiary alicyclic amines) is 1. The summed E-state index contributed by atoms with van der Waals surface area (Å²) >= 11 is 0. The van der Waals surface area contributed by atoms with E-state index in [4.69, 9.17) is 9.47 Å². The van der Waals surface area contributed by atoms with Crippen molar-refractivity contribution in [1.29, 1.82) is 0 Å². The molecule has 0 radical (unpaired) electrons. The average molecular weight is 291 g/mol. The third-order valence-corrected chi connectivity index (χ3v) is 3.69. The highest BCUT2D eigenvalue weighted by atomic mass is 16.6. The molecule has 0 aliphatic carbocycles. The van der Waals surface area contributed by atoms with Crippen molar-refractivity contribution in [1.82, 2.24) is 4.90 Å². The number of hydrogen-bond donors (Lipinski definition) is 0. The Hall–Kier alpha value is -1.88. The minimum Gasteiger partial charge on any atom is -0.462 e. The van der Waals surface area contributed by atoms with E-state index in [2.05, 4.69) is 0 Å². The lowest BCUT2D eigenvalue weighted by molar-refractivity contribution is -0.184. The van der Waals surface area contributed by atoms with Crippen molar-refractivity contribution in [3.8, 4) is 0 Å². The van der Waals surface area contributed by atoms with Gasteiger partial charge >= 0.3 is 5.97 Å². The van der Waals surface area contributed by atoms with Crippen molar-refractivity contribution < 1.29 is 19.1 Å². The van der Waals surface area contributed by atoms with Crippen molar-refractivity contribution in [3.05, 3.63) is 35.9 Å². The first-order valence-corrected chi connectivity index (χ1v) is 7.25. The largest absolute Gasteiger partial charge is 0.462 e. The molecule has 0 spiro atoms. The summed E-state index contributed by atoms with van der Waals surface area (Å²) < 4.78 is 10.7. The molecule has 1 aromatic carbocycles. The Morgan fingerprint density at radius 1 is 1.29 bits per heavy atom. The van der Waals surface area contributed by atoms with Crippen LogP contribution in [0.3, 0.4) is 0 Å². The Balaban J connectivity index is 2.25. The first-order chi connectivity index (χ1) is 10.2. The molecule has 5 nitrogen and oxygen atoms in total. The van der Waals surface area contributed by atoms with Gasteiger partial charge in [0.25, 0.3) is 5.91 Å². The second kappa shape index (κ2) is 6.72. The Bertz CT molecular complexity index is 502. The van der Waals surface area contributed by atoms with Gasteiger partial charge in [-0.3, -0.25) is 4.79 Å². The second-order valence-electron chi connectivity index (χ2n) is 5.05.